The van der Waals surface area contributed by atoms with Crippen molar-refractivity contribution in [2.45, 2.75) is 13.8 Å². The molecule has 2 aromatic carbocycles. The van der Waals surface area contributed by atoms with E-state index in [9.17, 15) is 0 Å². The summed E-state index contributed by atoms with van der Waals surface area (Å²) in [6, 6.07) is 21.2. The van der Waals surface area contributed by atoms with Crippen molar-refractivity contribution in [1.29, 1.82) is 0 Å². The van der Waals surface area contributed by atoms with Gasteiger partial charge in [0.25, 0.3) is 0 Å². The van der Waals surface area contributed by atoms with Crippen LogP contribution in [0.5, 0.6) is 0 Å². The maximum absolute atomic E-state index is 2.17. The van der Waals surface area contributed by atoms with E-state index in [0.717, 1.165) is 8.58 Å². The molecule has 0 saturated carbocycles. The van der Waals surface area contributed by atoms with Gasteiger partial charge in [0.15, 0.2) is 0 Å². The summed E-state index contributed by atoms with van der Waals surface area (Å²) in [6.07, 6.45) is 0. The first-order valence-corrected chi connectivity index (χ1v) is 6.32. The molecule has 0 saturated heterocycles. The zero-order valence-corrected chi connectivity index (χ0v) is 13.8. The fraction of sp³-hybridized carbons (Fsp3) is 0.143. The monoisotopic (exact) mass is 344 g/mol. The Morgan fingerprint density at radius 3 is 1.17 bits per heavy atom. The van der Waals surface area contributed by atoms with Crippen molar-refractivity contribution in [2.75, 3.05) is 0 Å². The Kier molecular flexibility index (Phi) is 19.2. The minimum atomic E-state index is 0. The molecule has 102 valence electrons. The van der Waals surface area contributed by atoms with Gasteiger partial charge in [-0.05, 0) is 10.6 Å². The molecule has 0 radical (unpaired) electrons. The predicted octanol–water partition coefficient (Wildman–Crippen LogP) is -2.65. The summed E-state index contributed by atoms with van der Waals surface area (Å²) in [6.45, 7) is 4.00. The van der Waals surface area contributed by atoms with Gasteiger partial charge in [-0.2, -0.15) is 0 Å². The average Bonchev–Trinajstić information content (AvgIpc) is 2.34. The summed E-state index contributed by atoms with van der Waals surface area (Å²) < 4.78 is 0. The van der Waals surface area contributed by atoms with Gasteiger partial charge in [-0.1, -0.05) is 83.1 Å². The van der Waals surface area contributed by atoms with Crippen LogP contribution in [0.1, 0.15) is 13.8 Å². The molecular weight excluding hydrogens is 329 g/mol. The van der Waals surface area contributed by atoms with Gasteiger partial charge in [0, 0.05) is 0 Å². The first-order chi connectivity index (χ1) is 7.45. The van der Waals surface area contributed by atoms with E-state index in [1.807, 2.05) is 13.8 Å². The second-order valence-electron chi connectivity index (χ2n) is 2.86. The van der Waals surface area contributed by atoms with Gasteiger partial charge < -0.3 is 24.8 Å². The van der Waals surface area contributed by atoms with Crippen LogP contribution >= 0.6 is 8.58 Å². The van der Waals surface area contributed by atoms with E-state index in [4.69, 9.17) is 0 Å². The molecule has 0 bridgehead atoms. The molecule has 0 N–H and O–H groups in total. The summed E-state index contributed by atoms with van der Waals surface area (Å²) in [4.78, 5) is 0. The van der Waals surface area contributed by atoms with Crippen LogP contribution in [-0.4, -0.2) is 0 Å². The van der Waals surface area contributed by atoms with Crippen molar-refractivity contribution >= 4 is 19.2 Å². The molecule has 0 fully saturated rings. The normalized spacial score (nSPS) is 7.44. The van der Waals surface area contributed by atoms with E-state index in [1.165, 1.54) is 10.6 Å². The second kappa shape index (κ2) is 15.0. The van der Waals surface area contributed by atoms with E-state index >= 15 is 0 Å². The average molecular weight is 346 g/mol. The first kappa shape index (κ1) is 23.1. The summed E-state index contributed by atoms with van der Waals surface area (Å²) in [7, 11) is 0.777. The van der Waals surface area contributed by atoms with Crippen LogP contribution in [0.25, 0.3) is 0 Å². The molecule has 0 aromatic heterocycles. The minimum Gasteiger partial charge on any atom is -1.00 e. The third-order valence-corrected chi connectivity index (χ3v) is 3.08. The van der Waals surface area contributed by atoms with Gasteiger partial charge in [0.2, 0.25) is 0 Å². The largest absolute Gasteiger partial charge is 2.00 e. The quantitative estimate of drug-likeness (QED) is 0.412. The summed E-state index contributed by atoms with van der Waals surface area (Å²) in [5, 5.41) is 2.79. The third kappa shape index (κ3) is 8.95. The molecule has 2 rings (SSSR count). The van der Waals surface area contributed by atoms with Crippen LogP contribution < -0.4 is 35.4 Å². The van der Waals surface area contributed by atoms with Crippen LogP contribution in [0.2, 0.25) is 0 Å². The standard InChI is InChI=1S/C12H11P.C2H6.2ClH.Ni/c1-3-7-11(8-4-1)13-12-9-5-2-6-10-12;1-2;;;/h1-10,13H;1-2H3;2*1H;/q;;;;+2/p-2. The SMILES string of the molecule is CC.[Cl-].[Cl-].[Ni+2].c1ccc(Pc2ccccc2)cc1. The molecule has 0 spiro atoms. The Labute approximate surface area is 134 Å². The van der Waals surface area contributed by atoms with Gasteiger partial charge in [0.1, 0.15) is 0 Å². The molecule has 0 nitrogen and oxygen atoms in total. The molecular formula is C14H17Cl2NiP. The van der Waals surface area contributed by atoms with Crippen LogP contribution in [-0.2, 0) is 16.5 Å². The van der Waals surface area contributed by atoms with Crippen molar-refractivity contribution in [1.82, 2.24) is 0 Å². The van der Waals surface area contributed by atoms with Gasteiger partial charge in [0.05, 0.1) is 0 Å². The number of rotatable bonds is 2. The van der Waals surface area contributed by atoms with Crippen LogP contribution in [0.3, 0.4) is 0 Å². The Morgan fingerprint density at radius 1 is 0.611 bits per heavy atom. The second-order valence-corrected chi connectivity index (χ2v) is 4.26. The summed E-state index contributed by atoms with van der Waals surface area (Å²) in [5.41, 5.74) is 0. The first-order valence-electron chi connectivity index (χ1n) is 5.32. The van der Waals surface area contributed by atoms with Crippen molar-refractivity contribution in [2.24, 2.45) is 0 Å². The van der Waals surface area contributed by atoms with Crippen LogP contribution in [0.4, 0.5) is 0 Å². The van der Waals surface area contributed by atoms with Crippen molar-refractivity contribution in [3.63, 3.8) is 0 Å². The topological polar surface area (TPSA) is 0 Å². The molecule has 18 heavy (non-hydrogen) atoms. The minimum absolute atomic E-state index is 0. The zero-order valence-electron chi connectivity index (χ0n) is 10.3. The number of hydrogen-bond acceptors (Lipinski definition) is 0. The number of halogens is 2. The van der Waals surface area contributed by atoms with Crippen molar-refractivity contribution < 1.29 is 41.3 Å². The predicted molar refractivity (Wildman–Crippen MR) is 71.8 cm³/mol. The van der Waals surface area contributed by atoms with Gasteiger partial charge in [-0.25, -0.2) is 0 Å². The molecule has 2 aromatic rings. The van der Waals surface area contributed by atoms with Crippen molar-refractivity contribution in [3.05, 3.63) is 60.7 Å². The van der Waals surface area contributed by atoms with E-state index in [-0.39, 0.29) is 41.3 Å². The van der Waals surface area contributed by atoms with Gasteiger partial charge in [-0.15, -0.1) is 0 Å². The van der Waals surface area contributed by atoms with Crippen molar-refractivity contribution in [3.8, 4) is 0 Å². The van der Waals surface area contributed by atoms with Crippen LogP contribution in [0.15, 0.2) is 60.7 Å². The fourth-order valence-electron chi connectivity index (χ4n) is 1.21. The summed E-state index contributed by atoms with van der Waals surface area (Å²) >= 11 is 0. The van der Waals surface area contributed by atoms with Gasteiger partial charge in [-0.3, -0.25) is 0 Å². The summed E-state index contributed by atoms with van der Waals surface area (Å²) in [5.74, 6) is 0. The van der Waals surface area contributed by atoms with E-state index in [1.54, 1.807) is 0 Å². The maximum Gasteiger partial charge on any atom is 2.00 e. The fourth-order valence-corrected chi connectivity index (χ4v) is 2.26. The maximum atomic E-state index is 2.17. The molecule has 0 unspecified atom stereocenters. The Hall–Kier alpha value is -0.0565. The van der Waals surface area contributed by atoms with E-state index in [2.05, 4.69) is 60.7 Å². The number of benzene rings is 2. The molecule has 0 amide bonds. The number of hydrogen-bond donors (Lipinski definition) is 0. The Morgan fingerprint density at radius 2 is 0.889 bits per heavy atom. The Bertz CT molecular complexity index is 331. The third-order valence-electron chi connectivity index (χ3n) is 1.84. The molecule has 0 aliphatic carbocycles. The smallest absolute Gasteiger partial charge is 1.00 e. The van der Waals surface area contributed by atoms with E-state index in [0.29, 0.717) is 0 Å². The zero-order chi connectivity index (χ0) is 10.9. The van der Waals surface area contributed by atoms with Crippen LogP contribution in [0, 0.1) is 0 Å². The van der Waals surface area contributed by atoms with Gasteiger partial charge >= 0.3 is 16.5 Å². The van der Waals surface area contributed by atoms with E-state index < -0.39 is 0 Å². The molecule has 0 heterocycles. The Balaban J connectivity index is -0.000000429. The molecule has 0 atom stereocenters. The molecule has 0 aliphatic rings. The molecule has 0 aliphatic heterocycles. The molecule has 4 heteroatoms.